The minimum Gasteiger partial charge on any atom is -0.478 e. The molecule has 3 rings (SSSR count). The van der Waals surface area contributed by atoms with Gasteiger partial charge in [0, 0.05) is 18.2 Å². The molecule has 16 nitrogen and oxygen atoms in total. The van der Waals surface area contributed by atoms with Gasteiger partial charge in [-0.3, -0.25) is 20.2 Å². The lowest BCUT2D eigenvalue weighted by atomic mass is 10.1. The Morgan fingerprint density at radius 3 is 1.46 bits per heavy atom. The van der Waals surface area contributed by atoms with Gasteiger partial charge in [0.25, 0.3) is 11.4 Å². The second-order valence-electron chi connectivity index (χ2n) is 7.27. The summed E-state index contributed by atoms with van der Waals surface area (Å²) in [6.07, 6.45) is 0. The van der Waals surface area contributed by atoms with Crippen LogP contribution in [0.2, 0.25) is 0 Å². The van der Waals surface area contributed by atoms with Crippen molar-refractivity contribution in [3.8, 4) is 11.5 Å². The van der Waals surface area contributed by atoms with E-state index in [1.165, 1.54) is 0 Å². The highest BCUT2D eigenvalue weighted by Gasteiger charge is 2.31. The molecule has 0 aliphatic heterocycles. The maximum atomic E-state index is 12.8. The lowest BCUT2D eigenvalue weighted by Gasteiger charge is -2.12. The molecule has 0 unspecified atom stereocenters. The minimum absolute atomic E-state index is 0.580. The molecule has 3 aromatic rings. The number of carbonyl (C=O) groups is 5. The van der Waals surface area contributed by atoms with Gasteiger partial charge in [0.2, 0.25) is 0 Å². The Kier molecular flexibility index (Phi) is 7.61. The quantitative estimate of drug-likeness (QED) is 0.153. The molecule has 0 aliphatic carbocycles. The lowest BCUT2D eigenvalue weighted by Crippen LogP contribution is -2.18. The number of ether oxygens (including phenoxy) is 2. The lowest BCUT2D eigenvalue weighted by molar-refractivity contribution is -0.385. The molecular weight excluding hydrogens is 528 g/mol. The van der Waals surface area contributed by atoms with Crippen molar-refractivity contribution >= 4 is 41.2 Å². The second-order valence-corrected chi connectivity index (χ2v) is 7.27. The number of hydrogen-bond donors (Lipinski definition) is 3. The van der Waals surface area contributed by atoms with E-state index >= 15 is 0 Å². The van der Waals surface area contributed by atoms with E-state index in [0.29, 0.717) is 6.07 Å². The fourth-order valence-corrected chi connectivity index (χ4v) is 3.31. The molecule has 0 fully saturated rings. The molecule has 0 bridgehead atoms. The van der Waals surface area contributed by atoms with Crippen molar-refractivity contribution in [2.75, 3.05) is 0 Å². The SMILES string of the molecule is O=C(O)c1ccc(OC(=O)c2c(C(=O)O)cccc2[N+](=O)[O-])cc1OC(=O)c1c(C(=O)O)cccc1[N+](=O)[O-]. The molecule has 0 heterocycles. The fraction of sp³-hybridized carbons (Fsp3) is 0. The van der Waals surface area contributed by atoms with E-state index in [-0.39, 0.29) is 0 Å². The van der Waals surface area contributed by atoms with Crippen molar-refractivity contribution in [3.05, 3.63) is 103 Å². The number of nitro groups is 2. The highest BCUT2D eigenvalue weighted by molar-refractivity contribution is 6.07. The average molecular weight is 540 g/mol. The molecule has 0 aromatic heterocycles. The number of benzene rings is 3. The third kappa shape index (κ3) is 5.64. The predicted molar refractivity (Wildman–Crippen MR) is 123 cm³/mol. The number of carbonyl (C=O) groups excluding carboxylic acids is 2. The number of aromatic carboxylic acids is 3. The smallest absolute Gasteiger partial charge is 0.351 e. The van der Waals surface area contributed by atoms with Crippen LogP contribution >= 0.6 is 0 Å². The first-order chi connectivity index (χ1) is 18.3. The van der Waals surface area contributed by atoms with E-state index in [1.807, 2.05) is 0 Å². The van der Waals surface area contributed by atoms with Crippen LogP contribution in [0, 0.1) is 20.2 Å². The molecule has 39 heavy (non-hydrogen) atoms. The highest BCUT2D eigenvalue weighted by Crippen LogP contribution is 2.31. The molecule has 198 valence electrons. The molecule has 0 atom stereocenters. The van der Waals surface area contributed by atoms with Crippen LogP contribution in [0.25, 0.3) is 0 Å². The Labute approximate surface area is 214 Å². The normalized spacial score (nSPS) is 10.3. The summed E-state index contributed by atoms with van der Waals surface area (Å²) in [4.78, 5) is 80.8. The van der Waals surface area contributed by atoms with Gasteiger partial charge in [0.05, 0.1) is 21.0 Å². The molecule has 3 N–H and O–H groups in total. The Bertz CT molecular complexity index is 1530. The van der Waals surface area contributed by atoms with Gasteiger partial charge in [-0.15, -0.1) is 0 Å². The van der Waals surface area contributed by atoms with Crippen LogP contribution < -0.4 is 9.47 Å². The molecule has 0 aliphatic rings. The summed E-state index contributed by atoms with van der Waals surface area (Å²) in [6, 6.07) is 7.76. The molecule has 16 heteroatoms. The van der Waals surface area contributed by atoms with Gasteiger partial charge < -0.3 is 24.8 Å². The topological polar surface area (TPSA) is 251 Å². The molecule has 0 saturated heterocycles. The van der Waals surface area contributed by atoms with E-state index in [9.17, 15) is 59.5 Å². The van der Waals surface area contributed by atoms with Gasteiger partial charge in [0.1, 0.15) is 17.1 Å². The van der Waals surface area contributed by atoms with Crippen molar-refractivity contribution in [2.45, 2.75) is 0 Å². The third-order valence-electron chi connectivity index (χ3n) is 4.94. The number of carboxylic acid groups (broad SMARTS) is 3. The summed E-state index contributed by atoms with van der Waals surface area (Å²) in [7, 11) is 0. The number of rotatable bonds is 9. The number of carboxylic acids is 3. The van der Waals surface area contributed by atoms with Gasteiger partial charge >= 0.3 is 29.8 Å². The van der Waals surface area contributed by atoms with Gasteiger partial charge in [-0.05, 0) is 24.3 Å². The van der Waals surface area contributed by atoms with Crippen LogP contribution in [-0.4, -0.2) is 55.0 Å². The number of nitrogens with zero attached hydrogens (tertiary/aromatic N) is 2. The minimum atomic E-state index is -1.73. The monoisotopic (exact) mass is 540 g/mol. The predicted octanol–water partition coefficient (Wildman–Crippen LogP) is 3.04. The maximum absolute atomic E-state index is 12.8. The molecule has 3 aromatic carbocycles. The molecule has 0 radical (unpaired) electrons. The number of nitro benzene ring substituents is 2. The van der Waals surface area contributed by atoms with Crippen molar-refractivity contribution in [1.82, 2.24) is 0 Å². The summed E-state index contributed by atoms with van der Waals surface area (Å²) in [5.74, 6) is -9.71. The van der Waals surface area contributed by atoms with Crippen molar-refractivity contribution < 1.29 is 58.6 Å². The van der Waals surface area contributed by atoms with Crippen LogP contribution in [-0.2, 0) is 0 Å². The van der Waals surface area contributed by atoms with Gasteiger partial charge in [-0.2, -0.15) is 0 Å². The summed E-state index contributed by atoms with van der Waals surface area (Å²) in [6.45, 7) is 0. The van der Waals surface area contributed by atoms with E-state index in [0.717, 1.165) is 48.5 Å². The van der Waals surface area contributed by atoms with E-state index < -0.39 is 90.4 Å². The summed E-state index contributed by atoms with van der Waals surface area (Å²) < 4.78 is 9.92. The first kappa shape index (κ1) is 27.4. The zero-order valence-corrected chi connectivity index (χ0v) is 18.9. The van der Waals surface area contributed by atoms with E-state index in [1.54, 1.807) is 0 Å². The third-order valence-corrected chi connectivity index (χ3v) is 4.94. The molecule has 0 saturated carbocycles. The van der Waals surface area contributed by atoms with Gasteiger partial charge in [-0.1, -0.05) is 12.1 Å². The first-order valence-electron chi connectivity index (χ1n) is 10.2. The number of esters is 2. The Morgan fingerprint density at radius 2 is 1.05 bits per heavy atom. The van der Waals surface area contributed by atoms with E-state index in [2.05, 4.69) is 0 Å². The highest BCUT2D eigenvalue weighted by atomic mass is 16.6. The van der Waals surface area contributed by atoms with Crippen LogP contribution in [0.4, 0.5) is 11.4 Å². The van der Waals surface area contributed by atoms with Crippen LogP contribution in [0.15, 0.2) is 54.6 Å². The van der Waals surface area contributed by atoms with Crippen molar-refractivity contribution in [3.63, 3.8) is 0 Å². The second kappa shape index (κ2) is 10.8. The maximum Gasteiger partial charge on any atom is 0.351 e. The van der Waals surface area contributed by atoms with Crippen molar-refractivity contribution in [2.24, 2.45) is 0 Å². The van der Waals surface area contributed by atoms with Crippen LogP contribution in [0.5, 0.6) is 11.5 Å². The average Bonchev–Trinajstić information content (AvgIpc) is 2.87. The molecule has 0 spiro atoms. The first-order valence-corrected chi connectivity index (χ1v) is 10.2. The summed E-state index contributed by atoms with van der Waals surface area (Å²) >= 11 is 0. The van der Waals surface area contributed by atoms with E-state index in [4.69, 9.17) is 9.47 Å². The van der Waals surface area contributed by atoms with Gasteiger partial charge in [0.15, 0.2) is 11.1 Å². The van der Waals surface area contributed by atoms with Crippen LogP contribution in [0.1, 0.15) is 51.8 Å². The van der Waals surface area contributed by atoms with Gasteiger partial charge in [-0.25, -0.2) is 24.0 Å². The Balaban J connectivity index is 2.06. The Morgan fingerprint density at radius 1 is 0.615 bits per heavy atom. The van der Waals surface area contributed by atoms with Crippen LogP contribution in [0.3, 0.4) is 0 Å². The summed E-state index contributed by atoms with van der Waals surface area (Å²) in [5.41, 5.74) is -6.16. The number of hydrogen-bond acceptors (Lipinski definition) is 11. The zero-order chi connectivity index (χ0) is 29.0. The largest absolute Gasteiger partial charge is 0.478 e. The zero-order valence-electron chi connectivity index (χ0n) is 18.9. The Hall–Kier alpha value is -6.19. The summed E-state index contributed by atoms with van der Waals surface area (Å²) in [5, 5.41) is 50.8. The fourth-order valence-electron chi connectivity index (χ4n) is 3.31. The van der Waals surface area contributed by atoms with Crippen molar-refractivity contribution in [1.29, 1.82) is 0 Å². The molecular formula is C23H12N2O14. The molecule has 0 amide bonds. The standard InChI is InChI=1S/C23H12N2O14/c26-19(27)11-8-7-10(38-22(32)17-12(20(28)29)3-1-5-14(17)24(34)35)9-16(11)39-23(33)18-13(21(30)31)4-2-6-15(18)25(36)37/h1-9H,(H,26,27)(H,28,29)(H,30,31).